The molecule has 20 heavy (non-hydrogen) atoms. The molecule has 1 amide bonds. The average molecular weight is 277 g/mol. The first kappa shape index (κ1) is 14.9. The van der Waals surface area contributed by atoms with Crippen LogP contribution >= 0.6 is 0 Å². The number of rotatable bonds is 4. The van der Waals surface area contributed by atoms with Crippen LogP contribution in [0, 0.1) is 0 Å². The van der Waals surface area contributed by atoms with Crippen molar-refractivity contribution in [3.63, 3.8) is 0 Å². The van der Waals surface area contributed by atoms with Crippen molar-refractivity contribution in [1.29, 1.82) is 0 Å². The number of piperazine rings is 1. The summed E-state index contributed by atoms with van der Waals surface area (Å²) in [4.78, 5) is 20.7. The lowest BCUT2D eigenvalue weighted by Crippen LogP contribution is -2.51. The molecule has 0 aliphatic carbocycles. The summed E-state index contributed by atoms with van der Waals surface area (Å²) in [6, 6.07) is 6.28. The van der Waals surface area contributed by atoms with Crippen molar-refractivity contribution in [2.75, 3.05) is 33.3 Å². The molecular weight excluding hydrogens is 254 g/mol. The standard InChI is InChI=1S/C15H23N3O2/c1-12(14-6-4-5-7-16-14)17-8-10-18(11-9-17)15(19)13(2)20-3/h4-7,12-13H,8-11H2,1-3H3/t12-,13-/m0/s1. The summed E-state index contributed by atoms with van der Waals surface area (Å²) in [5.41, 5.74) is 1.08. The molecule has 0 radical (unpaired) electrons. The van der Waals surface area contributed by atoms with E-state index in [-0.39, 0.29) is 18.1 Å². The lowest BCUT2D eigenvalue weighted by atomic mass is 10.1. The van der Waals surface area contributed by atoms with Crippen LogP contribution in [0.1, 0.15) is 25.6 Å². The van der Waals surface area contributed by atoms with E-state index in [0.29, 0.717) is 0 Å². The highest BCUT2D eigenvalue weighted by atomic mass is 16.5. The molecule has 0 saturated carbocycles. The number of amides is 1. The van der Waals surface area contributed by atoms with E-state index in [2.05, 4.69) is 22.9 Å². The van der Waals surface area contributed by atoms with E-state index >= 15 is 0 Å². The molecular formula is C15H23N3O2. The van der Waals surface area contributed by atoms with Crippen LogP contribution in [0.25, 0.3) is 0 Å². The van der Waals surface area contributed by atoms with Crippen LogP contribution < -0.4 is 0 Å². The molecule has 1 aromatic rings. The Morgan fingerprint density at radius 2 is 1.95 bits per heavy atom. The van der Waals surface area contributed by atoms with Gasteiger partial charge in [0.2, 0.25) is 0 Å². The smallest absolute Gasteiger partial charge is 0.251 e. The van der Waals surface area contributed by atoms with Gasteiger partial charge in [-0.2, -0.15) is 0 Å². The van der Waals surface area contributed by atoms with Gasteiger partial charge in [0.25, 0.3) is 5.91 Å². The zero-order valence-corrected chi connectivity index (χ0v) is 12.5. The van der Waals surface area contributed by atoms with Crippen LogP contribution in [0.5, 0.6) is 0 Å². The van der Waals surface area contributed by atoms with Crippen molar-refractivity contribution < 1.29 is 9.53 Å². The van der Waals surface area contributed by atoms with E-state index in [4.69, 9.17) is 4.74 Å². The molecule has 2 rings (SSSR count). The number of carbonyl (C=O) groups excluding carboxylic acids is 1. The summed E-state index contributed by atoms with van der Waals surface area (Å²) >= 11 is 0. The first-order valence-corrected chi connectivity index (χ1v) is 7.10. The molecule has 2 heterocycles. The lowest BCUT2D eigenvalue weighted by molar-refractivity contribution is -0.143. The summed E-state index contributed by atoms with van der Waals surface area (Å²) in [6.07, 6.45) is 1.47. The van der Waals surface area contributed by atoms with Crippen molar-refractivity contribution in [3.05, 3.63) is 30.1 Å². The minimum Gasteiger partial charge on any atom is -0.372 e. The SMILES string of the molecule is CO[C@@H](C)C(=O)N1CCN([C@@H](C)c2ccccn2)CC1. The van der Waals surface area contributed by atoms with Crippen LogP contribution in [0.2, 0.25) is 0 Å². The summed E-state index contributed by atoms with van der Waals surface area (Å²) in [5.74, 6) is 0.0811. The Bertz CT molecular complexity index is 430. The average Bonchev–Trinajstić information content (AvgIpc) is 2.53. The van der Waals surface area contributed by atoms with Crippen molar-refractivity contribution in [1.82, 2.24) is 14.8 Å². The third-order valence-corrected chi connectivity index (χ3v) is 3.99. The Hall–Kier alpha value is -1.46. The third kappa shape index (κ3) is 3.35. The second kappa shape index (κ2) is 6.81. The number of pyridine rings is 1. The predicted molar refractivity (Wildman–Crippen MR) is 77.3 cm³/mol. The summed E-state index contributed by atoms with van der Waals surface area (Å²) < 4.78 is 5.09. The van der Waals surface area contributed by atoms with Crippen LogP contribution in [0.15, 0.2) is 24.4 Å². The minimum absolute atomic E-state index is 0.0811. The monoisotopic (exact) mass is 277 g/mol. The van der Waals surface area contributed by atoms with Gasteiger partial charge < -0.3 is 9.64 Å². The molecule has 1 aliphatic rings. The van der Waals surface area contributed by atoms with Crippen molar-refractivity contribution in [2.45, 2.75) is 26.0 Å². The molecule has 1 aliphatic heterocycles. The Labute approximate surface area is 120 Å². The highest BCUT2D eigenvalue weighted by Gasteiger charge is 2.27. The fourth-order valence-electron chi connectivity index (χ4n) is 2.50. The van der Waals surface area contributed by atoms with E-state index in [1.807, 2.05) is 23.2 Å². The predicted octanol–water partition coefficient (Wildman–Crippen LogP) is 1.32. The van der Waals surface area contributed by atoms with Crippen molar-refractivity contribution >= 4 is 5.91 Å². The number of methoxy groups -OCH3 is 1. The van der Waals surface area contributed by atoms with Gasteiger partial charge in [-0.1, -0.05) is 6.07 Å². The van der Waals surface area contributed by atoms with E-state index in [1.165, 1.54) is 0 Å². The molecule has 0 aromatic carbocycles. The zero-order valence-electron chi connectivity index (χ0n) is 12.5. The number of aromatic nitrogens is 1. The van der Waals surface area contributed by atoms with Gasteiger partial charge in [-0.05, 0) is 26.0 Å². The number of hydrogen-bond donors (Lipinski definition) is 0. The molecule has 0 N–H and O–H groups in total. The molecule has 2 atom stereocenters. The lowest BCUT2D eigenvalue weighted by Gasteiger charge is -2.38. The first-order valence-electron chi connectivity index (χ1n) is 7.10. The van der Waals surface area contributed by atoms with Gasteiger partial charge in [0, 0.05) is 45.5 Å². The fourth-order valence-corrected chi connectivity index (χ4v) is 2.50. The quantitative estimate of drug-likeness (QED) is 0.833. The molecule has 1 fully saturated rings. The van der Waals surface area contributed by atoms with E-state index in [1.54, 1.807) is 14.0 Å². The maximum Gasteiger partial charge on any atom is 0.251 e. The second-order valence-corrected chi connectivity index (χ2v) is 5.17. The van der Waals surface area contributed by atoms with Crippen molar-refractivity contribution in [3.8, 4) is 0 Å². The third-order valence-electron chi connectivity index (χ3n) is 3.99. The van der Waals surface area contributed by atoms with Crippen LogP contribution in [-0.4, -0.2) is 60.1 Å². The summed E-state index contributed by atoms with van der Waals surface area (Å²) in [7, 11) is 1.57. The van der Waals surface area contributed by atoms with Gasteiger partial charge in [-0.3, -0.25) is 14.7 Å². The van der Waals surface area contributed by atoms with E-state index in [0.717, 1.165) is 31.9 Å². The molecule has 0 unspecified atom stereocenters. The Morgan fingerprint density at radius 1 is 1.25 bits per heavy atom. The van der Waals surface area contributed by atoms with Crippen LogP contribution in [0.3, 0.4) is 0 Å². The Kier molecular flexibility index (Phi) is 5.09. The maximum absolute atomic E-state index is 12.0. The van der Waals surface area contributed by atoms with E-state index < -0.39 is 0 Å². The highest BCUT2D eigenvalue weighted by Crippen LogP contribution is 2.19. The summed E-state index contributed by atoms with van der Waals surface area (Å²) in [6.45, 7) is 7.22. The van der Waals surface area contributed by atoms with Gasteiger partial charge in [0.05, 0.1) is 5.69 Å². The molecule has 0 spiro atoms. The normalized spacial score (nSPS) is 19.6. The van der Waals surface area contributed by atoms with Crippen molar-refractivity contribution in [2.24, 2.45) is 0 Å². The van der Waals surface area contributed by atoms with Gasteiger partial charge in [0.1, 0.15) is 6.10 Å². The Balaban J connectivity index is 1.90. The maximum atomic E-state index is 12.0. The van der Waals surface area contributed by atoms with E-state index in [9.17, 15) is 4.79 Å². The largest absolute Gasteiger partial charge is 0.372 e. The molecule has 5 heteroatoms. The van der Waals surface area contributed by atoms with Gasteiger partial charge in [0.15, 0.2) is 0 Å². The van der Waals surface area contributed by atoms with Gasteiger partial charge >= 0.3 is 0 Å². The molecule has 1 saturated heterocycles. The molecule has 5 nitrogen and oxygen atoms in total. The summed E-state index contributed by atoms with van der Waals surface area (Å²) in [5, 5.41) is 0. The van der Waals surface area contributed by atoms with Gasteiger partial charge in [-0.15, -0.1) is 0 Å². The highest BCUT2D eigenvalue weighted by molar-refractivity contribution is 5.80. The number of nitrogens with zero attached hydrogens (tertiary/aromatic N) is 3. The number of ether oxygens (including phenoxy) is 1. The topological polar surface area (TPSA) is 45.7 Å². The first-order chi connectivity index (χ1) is 9.63. The molecule has 1 aromatic heterocycles. The number of hydrogen-bond acceptors (Lipinski definition) is 4. The minimum atomic E-state index is -0.352. The second-order valence-electron chi connectivity index (χ2n) is 5.17. The van der Waals surface area contributed by atoms with Crippen LogP contribution in [-0.2, 0) is 9.53 Å². The number of carbonyl (C=O) groups is 1. The molecule has 0 bridgehead atoms. The van der Waals surface area contributed by atoms with Gasteiger partial charge in [-0.25, -0.2) is 0 Å². The zero-order chi connectivity index (χ0) is 14.5. The van der Waals surface area contributed by atoms with Crippen LogP contribution in [0.4, 0.5) is 0 Å². The molecule has 110 valence electrons. The fraction of sp³-hybridized carbons (Fsp3) is 0.600. The Morgan fingerprint density at radius 3 is 2.50 bits per heavy atom.